The quantitative estimate of drug-likeness (QED) is 0.273. The van der Waals surface area contributed by atoms with Crippen molar-refractivity contribution in [2.24, 2.45) is 5.92 Å². The van der Waals surface area contributed by atoms with Gasteiger partial charge in [-0.2, -0.15) is 0 Å². The van der Waals surface area contributed by atoms with Crippen LogP contribution in [0.3, 0.4) is 0 Å². The van der Waals surface area contributed by atoms with Crippen molar-refractivity contribution in [2.45, 2.75) is 13.8 Å². The summed E-state index contributed by atoms with van der Waals surface area (Å²) >= 11 is 14.4. The predicted molar refractivity (Wildman–Crippen MR) is 144 cm³/mol. The van der Waals surface area contributed by atoms with Gasteiger partial charge in [0.1, 0.15) is 11.6 Å². The van der Waals surface area contributed by atoms with Crippen LogP contribution in [-0.2, 0) is 0 Å². The van der Waals surface area contributed by atoms with E-state index >= 15 is 0 Å². The number of benzene rings is 3. The lowest BCUT2D eigenvalue weighted by molar-refractivity contribution is 0.0971. The number of rotatable bonds is 7. The molecular weight excluding hydrogens is 557 g/mol. The normalized spacial score (nSPS) is 10.6. The van der Waals surface area contributed by atoms with Crippen LogP contribution in [0.25, 0.3) is 0 Å². The number of amides is 2. The molecule has 6 nitrogen and oxygen atoms in total. The Morgan fingerprint density at radius 3 is 2.49 bits per heavy atom. The summed E-state index contributed by atoms with van der Waals surface area (Å²) in [6.45, 7) is 4.49. The standard InChI is InChI=1S/C25H22BrClFN3O3S/c1-14(2)13-34-22-9-6-16(26)11-19(22)24(33)31-25(35)30-17-5-3-4-15(10-17)23(32)29-18-7-8-21(28)20(27)12-18/h3-12,14H,13H2,1-2H3,(H,29,32)(H2,30,31,33,35). The van der Waals surface area contributed by atoms with E-state index in [1.165, 1.54) is 18.2 Å². The molecule has 0 bridgehead atoms. The lowest BCUT2D eigenvalue weighted by Gasteiger charge is -2.15. The Morgan fingerprint density at radius 2 is 1.77 bits per heavy atom. The molecule has 10 heteroatoms. The molecule has 0 aromatic heterocycles. The largest absolute Gasteiger partial charge is 0.492 e. The Kier molecular flexibility index (Phi) is 9.20. The van der Waals surface area contributed by atoms with Crippen LogP contribution < -0.4 is 20.7 Å². The second-order valence-electron chi connectivity index (χ2n) is 7.92. The minimum atomic E-state index is -0.576. The van der Waals surface area contributed by atoms with Crippen LogP contribution in [0.4, 0.5) is 15.8 Å². The van der Waals surface area contributed by atoms with Crippen molar-refractivity contribution < 1.29 is 18.7 Å². The molecule has 0 saturated carbocycles. The van der Waals surface area contributed by atoms with Crippen LogP contribution >= 0.6 is 39.7 Å². The van der Waals surface area contributed by atoms with Gasteiger partial charge in [-0.05, 0) is 72.7 Å². The number of halogens is 3. The van der Waals surface area contributed by atoms with Gasteiger partial charge in [-0.3, -0.25) is 14.9 Å². The highest BCUT2D eigenvalue weighted by atomic mass is 79.9. The first kappa shape index (κ1) is 26.6. The number of thiocarbonyl (C=S) groups is 1. The number of nitrogens with one attached hydrogen (secondary N) is 3. The summed E-state index contributed by atoms with van der Waals surface area (Å²) in [7, 11) is 0. The average molecular weight is 579 g/mol. The van der Waals surface area contributed by atoms with Gasteiger partial charge in [-0.1, -0.05) is 47.4 Å². The number of ether oxygens (including phenoxy) is 1. The van der Waals surface area contributed by atoms with E-state index in [2.05, 4.69) is 31.9 Å². The molecule has 3 aromatic rings. The Bertz CT molecular complexity index is 1270. The number of hydrogen-bond acceptors (Lipinski definition) is 4. The zero-order valence-electron chi connectivity index (χ0n) is 18.8. The van der Waals surface area contributed by atoms with Crippen LogP contribution in [-0.4, -0.2) is 23.5 Å². The summed E-state index contributed by atoms with van der Waals surface area (Å²) in [5.41, 5.74) is 1.49. The summed E-state index contributed by atoms with van der Waals surface area (Å²) in [5, 5.41) is 8.14. The molecule has 0 aliphatic rings. The molecule has 35 heavy (non-hydrogen) atoms. The maximum Gasteiger partial charge on any atom is 0.261 e. The second kappa shape index (κ2) is 12.1. The first-order chi connectivity index (χ1) is 16.6. The number of hydrogen-bond donors (Lipinski definition) is 3. The fourth-order valence-electron chi connectivity index (χ4n) is 2.91. The highest BCUT2D eigenvalue weighted by molar-refractivity contribution is 9.10. The van der Waals surface area contributed by atoms with Crippen LogP contribution in [0.5, 0.6) is 5.75 Å². The van der Waals surface area contributed by atoms with Crippen LogP contribution in [0, 0.1) is 11.7 Å². The number of carbonyl (C=O) groups is 2. The summed E-state index contributed by atoms with van der Waals surface area (Å²) in [6, 6.07) is 15.6. The maximum atomic E-state index is 13.3. The summed E-state index contributed by atoms with van der Waals surface area (Å²) in [4.78, 5) is 25.4. The van der Waals surface area contributed by atoms with Gasteiger partial charge in [0, 0.05) is 21.4 Å². The van der Waals surface area contributed by atoms with Gasteiger partial charge in [0.15, 0.2) is 5.11 Å². The van der Waals surface area contributed by atoms with Gasteiger partial charge in [-0.25, -0.2) is 4.39 Å². The van der Waals surface area contributed by atoms with E-state index in [0.29, 0.717) is 40.8 Å². The molecule has 0 saturated heterocycles. The second-order valence-corrected chi connectivity index (χ2v) is 9.65. The van der Waals surface area contributed by atoms with E-state index in [-0.39, 0.29) is 10.1 Å². The van der Waals surface area contributed by atoms with Crippen molar-refractivity contribution in [3.8, 4) is 5.75 Å². The minimum Gasteiger partial charge on any atom is -0.492 e. The van der Waals surface area contributed by atoms with Crippen molar-refractivity contribution >= 4 is 68.1 Å². The predicted octanol–water partition coefficient (Wildman–Crippen LogP) is 6.66. The number of carbonyl (C=O) groups excluding carboxylic acids is 2. The molecule has 0 atom stereocenters. The lowest BCUT2D eigenvalue weighted by Crippen LogP contribution is -2.34. The fraction of sp³-hybridized carbons (Fsp3) is 0.160. The van der Waals surface area contributed by atoms with Gasteiger partial charge in [0.25, 0.3) is 11.8 Å². The first-order valence-corrected chi connectivity index (χ1v) is 12.1. The summed E-state index contributed by atoms with van der Waals surface area (Å²) in [5.74, 6) is -0.700. The molecule has 0 aliphatic heterocycles. The minimum absolute atomic E-state index is 0.0488. The Balaban J connectivity index is 1.66. The lowest BCUT2D eigenvalue weighted by atomic mass is 10.1. The smallest absolute Gasteiger partial charge is 0.261 e. The molecule has 0 fully saturated rings. The van der Waals surface area contributed by atoms with E-state index in [1.54, 1.807) is 42.5 Å². The fourth-order valence-corrected chi connectivity index (χ4v) is 3.66. The summed E-state index contributed by atoms with van der Waals surface area (Å²) < 4.78 is 19.8. The Labute approximate surface area is 221 Å². The monoisotopic (exact) mass is 577 g/mol. The number of anilines is 2. The van der Waals surface area contributed by atoms with Crippen molar-refractivity contribution in [3.63, 3.8) is 0 Å². The molecule has 0 heterocycles. The third-order valence-corrected chi connectivity index (χ3v) is 5.53. The van der Waals surface area contributed by atoms with Crippen molar-refractivity contribution in [1.82, 2.24) is 5.32 Å². The van der Waals surface area contributed by atoms with Crippen LogP contribution in [0.1, 0.15) is 34.6 Å². The highest BCUT2D eigenvalue weighted by Crippen LogP contribution is 2.24. The first-order valence-electron chi connectivity index (χ1n) is 10.5. The molecule has 0 radical (unpaired) electrons. The Morgan fingerprint density at radius 1 is 1.03 bits per heavy atom. The van der Waals surface area contributed by atoms with Gasteiger partial charge in [-0.15, -0.1) is 0 Å². The topological polar surface area (TPSA) is 79.5 Å². The molecule has 0 aliphatic carbocycles. The summed E-state index contributed by atoms with van der Waals surface area (Å²) in [6.07, 6.45) is 0. The van der Waals surface area contributed by atoms with Crippen LogP contribution in [0.15, 0.2) is 65.1 Å². The van der Waals surface area contributed by atoms with E-state index < -0.39 is 17.6 Å². The molecule has 182 valence electrons. The van der Waals surface area contributed by atoms with Crippen LogP contribution in [0.2, 0.25) is 5.02 Å². The third kappa shape index (κ3) is 7.74. The third-order valence-electron chi connectivity index (χ3n) is 4.55. The van der Waals surface area contributed by atoms with E-state index in [1.807, 2.05) is 13.8 Å². The molecule has 0 unspecified atom stereocenters. The molecular formula is C25H22BrClFN3O3S. The van der Waals surface area contributed by atoms with E-state index in [0.717, 1.165) is 4.47 Å². The van der Waals surface area contributed by atoms with Crippen molar-refractivity contribution in [3.05, 3.63) is 87.1 Å². The zero-order chi connectivity index (χ0) is 25.5. The SMILES string of the molecule is CC(C)COc1ccc(Br)cc1C(=O)NC(=S)Nc1cccc(C(=O)Nc2ccc(F)c(Cl)c2)c1. The molecule has 3 aromatic carbocycles. The van der Waals surface area contributed by atoms with Crippen molar-refractivity contribution in [2.75, 3.05) is 17.2 Å². The van der Waals surface area contributed by atoms with Crippen molar-refractivity contribution in [1.29, 1.82) is 0 Å². The maximum absolute atomic E-state index is 13.3. The van der Waals surface area contributed by atoms with Gasteiger partial charge in [0.2, 0.25) is 0 Å². The molecule has 3 rings (SSSR count). The van der Waals surface area contributed by atoms with E-state index in [9.17, 15) is 14.0 Å². The average Bonchev–Trinajstić information content (AvgIpc) is 2.80. The van der Waals surface area contributed by atoms with Gasteiger partial charge in [0.05, 0.1) is 17.2 Å². The highest BCUT2D eigenvalue weighted by Gasteiger charge is 2.16. The molecule has 3 N–H and O–H groups in total. The molecule has 0 spiro atoms. The Hall–Kier alpha value is -3.01. The van der Waals surface area contributed by atoms with E-state index in [4.69, 9.17) is 28.6 Å². The van der Waals surface area contributed by atoms with Gasteiger partial charge >= 0.3 is 0 Å². The molecule has 2 amide bonds. The van der Waals surface area contributed by atoms with Gasteiger partial charge < -0.3 is 15.4 Å². The zero-order valence-corrected chi connectivity index (χ0v) is 22.0.